The van der Waals surface area contributed by atoms with Gasteiger partial charge in [-0.25, -0.2) is 0 Å². The minimum atomic E-state index is -0.0363. The lowest BCUT2D eigenvalue weighted by atomic mass is 10.0. The van der Waals surface area contributed by atoms with E-state index in [1.165, 1.54) is 6.92 Å². The molecule has 0 bridgehead atoms. The highest BCUT2D eigenvalue weighted by Crippen LogP contribution is 2.15. The zero-order valence-electron chi connectivity index (χ0n) is 13.2. The number of rotatable bonds is 7. The highest BCUT2D eigenvalue weighted by molar-refractivity contribution is 5.89. The van der Waals surface area contributed by atoms with Crippen LogP contribution < -0.4 is 10.6 Å². The molecule has 1 atom stereocenters. The Hall–Kier alpha value is -1.39. The zero-order chi connectivity index (χ0) is 15.1. The SMILES string of the molecule is CC(=O)Nc1ccccc1CNCC(C(C)C)N(C)C. The number of amides is 1. The molecule has 1 aromatic rings. The molecular weight excluding hydrogens is 250 g/mol. The van der Waals surface area contributed by atoms with Gasteiger partial charge in [0.15, 0.2) is 0 Å². The summed E-state index contributed by atoms with van der Waals surface area (Å²) in [5.41, 5.74) is 2.00. The molecule has 1 unspecified atom stereocenters. The molecule has 1 aromatic carbocycles. The van der Waals surface area contributed by atoms with Crippen LogP contribution in [0.2, 0.25) is 0 Å². The Morgan fingerprint density at radius 2 is 1.90 bits per heavy atom. The summed E-state index contributed by atoms with van der Waals surface area (Å²) in [7, 11) is 4.22. The van der Waals surface area contributed by atoms with Gasteiger partial charge < -0.3 is 15.5 Å². The molecule has 0 fully saturated rings. The molecule has 0 heterocycles. The quantitative estimate of drug-likeness (QED) is 0.804. The molecule has 0 aliphatic heterocycles. The van der Waals surface area contributed by atoms with Crippen molar-refractivity contribution in [3.8, 4) is 0 Å². The molecule has 0 radical (unpaired) electrons. The topological polar surface area (TPSA) is 44.4 Å². The molecule has 1 amide bonds. The first kappa shape index (κ1) is 16.7. The van der Waals surface area contributed by atoms with Crippen molar-refractivity contribution in [2.24, 2.45) is 5.92 Å². The van der Waals surface area contributed by atoms with Crippen LogP contribution in [0.4, 0.5) is 5.69 Å². The number of hydrogen-bond acceptors (Lipinski definition) is 3. The number of likely N-dealkylation sites (N-methyl/N-ethyl adjacent to an activating group) is 1. The van der Waals surface area contributed by atoms with E-state index in [1.54, 1.807) is 0 Å². The molecule has 0 spiro atoms. The van der Waals surface area contributed by atoms with Gasteiger partial charge in [-0.3, -0.25) is 4.79 Å². The van der Waals surface area contributed by atoms with Gasteiger partial charge in [0.2, 0.25) is 5.91 Å². The van der Waals surface area contributed by atoms with Crippen LogP contribution in [0.3, 0.4) is 0 Å². The molecule has 112 valence electrons. The highest BCUT2D eigenvalue weighted by Gasteiger charge is 2.15. The molecular formula is C16H27N3O. The maximum atomic E-state index is 11.2. The van der Waals surface area contributed by atoms with Crippen LogP contribution in [0.1, 0.15) is 26.3 Å². The number of carbonyl (C=O) groups excluding carboxylic acids is 1. The van der Waals surface area contributed by atoms with Crippen LogP contribution in [-0.4, -0.2) is 37.5 Å². The number of carbonyl (C=O) groups is 1. The third-order valence-electron chi connectivity index (χ3n) is 3.43. The van der Waals surface area contributed by atoms with Crippen molar-refractivity contribution in [2.75, 3.05) is 26.0 Å². The average Bonchev–Trinajstić information content (AvgIpc) is 2.34. The van der Waals surface area contributed by atoms with Crippen molar-refractivity contribution < 1.29 is 4.79 Å². The molecule has 2 N–H and O–H groups in total. The van der Waals surface area contributed by atoms with E-state index < -0.39 is 0 Å². The Morgan fingerprint density at radius 3 is 2.45 bits per heavy atom. The third kappa shape index (κ3) is 5.31. The third-order valence-corrected chi connectivity index (χ3v) is 3.43. The number of benzene rings is 1. The molecule has 0 aliphatic carbocycles. The molecule has 0 aliphatic rings. The Morgan fingerprint density at radius 1 is 1.25 bits per heavy atom. The number of para-hydroxylation sites is 1. The van der Waals surface area contributed by atoms with Gasteiger partial charge >= 0.3 is 0 Å². The summed E-state index contributed by atoms with van der Waals surface area (Å²) >= 11 is 0. The van der Waals surface area contributed by atoms with Gasteiger partial charge in [-0.05, 0) is 31.6 Å². The molecule has 4 heteroatoms. The molecule has 0 saturated heterocycles. The van der Waals surface area contributed by atoms with E-state index in [2.05, 4.69) is 43.5 Å². The maximum absolute atomic E-state index is 11.2. The van der Waals surface area contributed by atoms with Gasteiger partial charge in [0.1, 0.15) is 0 Å². The molecule has 0 aromatic heterocycles. The lowest BCUT2D eigenvalue weighted by molar-refractivity contribution is -0.114. The molecule has 1 rings (SSSR count). The number of anilines is 1. The standard InChI is InChI=1S/C16H27N3O/c1-12(2)16(19(4)5)11-17-10-14-8-6-7-9-15(14)18-13(3)20/h6-9,12,16-17H,10-11H2,1-5H3,(H,18,20). The van der Waals surface area contributed by atoms with Crippen molar-refractivity contribution >= 4 is 11.6 Å². The van der Waals surface area contributed by atoms with E-state index in [-0.39, 0.29) is 5.91 Å². The van der Waals surface area contributed by atoms with Gasteiger partial charge in [-0.1, -0.05) is 32.0 Å². The van der Waals surface area contributed by atoms with Gasteiger partial charge in [0, 0.05) is 31.7 Å². The minimum absolute atomic E-state index is 0.0363. The first-order chi connectivity index (χ1) is 9.41. The molecule has 20 heavy (non-hydrogen) atoms. The fourth-order valence-corrected chi connectivity index (χ4v) is 2.36. The average molecular weight is 277 g/mol. The fraction of sp³-hybridized carbons (Fsp3) is 0.562. The number of nitrogens with zero attached hydrogens (tertiary/aromatic N) is 1. The highest BCUT2D eigenvalue weighted by atomic mass is 16.1. The minimum Gasteiger partial charge on any atom is -0.326 e. The van der Waals surface area contributed by atoms with Crippen molar-refractivity contribution in [3.63, 3.8) is 0 Å². The maximum Gasteiger partial charge on any atom is 0.221 e. The van der Waals surface area contributed by atoms with E-state index in [1.807, 2.05) is 24.3 Å². The van der Waals surface area contributed by atoms with E-state index in [9.17, 15) is 4.79 Å². The van der Waals surface area contributed by atoms with Crippen LogP contribution in [0.15, 0.2) is 24.3 Å². The van der Waals surface area contributed by atoms with Crippen LogP contribution in [0, 0.1) is 5.92 Å². The van der Waals surface area contributed by atoms with E-state index >= 15 is 0 Å². The summed E-state index contributed by atoms with van der Waals surface area (Å²) in [6, 6.07) is 8.41. The monoisotopic (exact) mass is 277 g/mol. The van der Waals surface area contributed by atoms with Gasteiger partial charge in [-0.15, -0.1) is 0 Å². The normalized spacial score (nSPS) is 12.8. The van der Waals surface area contributed by atoms with Crippen molar-refractivity contribution in [1.82, 2.24) is 10.2 Å². The Kier molecular flexibility index (Phi) is 6.68. The Balaban J connectivity index is 2.59. The second-order valence-electron chi connectivity index (χ2n) is 5.74. The summed E-state index contributed by atoms with van der Waals surface area (Å²) in [5, 5.41) is 6.35. The second kappa shape index (κ2) is 8.02. The summed E-state index contributed by atoms with van der Waals surface area (Å²) in [6.45, 7) is 7.69. The fourth-order valence-electron chi connectivity index (χ4n) is 2.36. The first-order valence-electron chi connectivity index (χ1n) is 7.14. The lowest BCUT2D eigenvalue weighted by Gasteiger charge is -2.28. The summed E-state index contributed by atoms with van der Waals surface area (Å²) in [5.74, 6) is 0.564. The van der Waals surface area contributed by atoms with E-state index in [0.29, 0.717) is 12.0 Å². The van der Waals surface area contributed by atoms with Gasteiger partial charge in [-0.2, -0.15) is 0 Å². The van der Waals surface area contributed by atoms with Crippen molar-refractivity contribution in [2.45, 2.75) is 33.4 Å². The number of nitrogens with one attached hydrogen (secondary N) is 2. The number of hydrogen-bond donors (Lipinski definition) is 2. The van der Waals surface area contributed by atoms with Gasteiger partial charge in [0.25, 0.3) is 0 Å². The largest absolute Gasteiger partial charge is 0.326 e. The molecule has 4 nitrogen and oxygen atoms in total. The second-order valence-corrected chi connectivity index (χ2v) is 5.74. The Labute approximate surface area is 122 Å². The summed E-state index contributed by atoms with van der Waals surface area (Å²) in [6.07, 6.45) is 0. The van der Waals surface area contributed by atoms with Crippen molar-refractivity contribution in [1.29, 1.82) is 0 Å². The summed E-state index contributed by atoms with van der Waals surface area (Å²) < 4.78 is 0. The zero-order valence-corrected chi connectivity index (χ0v) is 13.2. The summed E-state index contributed by atoms with van der Waals surface area (Å²) in [4.78, 5) is 13.4. The smallest absolute Gasteiger partial charge is 0.221 e. The Bertz CT molecular complexity index is 421. The predicted octanol–water partition coefficient (Wildman–Crippen LogP) is 2.32. The van der Waals surface area contributed by atoms with Crippen LogP contribution in [0.5, 0.6) is 0 Å². The predicted molar refractivity (Wildman–Crippen MR) is 84.8 cm³/mol. The van der Waals surface area contributed by atoms with E-state index in [4.69, 9.17) is 0 Å². The van der Waals surface area contributed by atoms with Crippen LogP contribution in [0.25, 0.3) is 0 Å². The first-order valence-corrected chi connectivity index (χ1v) is 7.14. The lowest BCUT2D eigenvalue weighted by Crippen LogP contribution is -2.41. The van der Waals surface area contributed by atoms with E-state index in [0.717, 1.165) is 24.3 Å². The van der Waals surface area contributed by atoms with Crippen molar-refractivity contribution in [3.05, 3.63) is 29.8 Å². The van der Waals surface area contributed by atoms with Crippen LogP contribution >= 0.6 is 0 Å². The molecule has 0 saturated carbocycles. The van der Waals surface area contributed by atoms with Gasteiger partial charge in [0.05, 0.1) is 0 Å². The van der Waals surface area contributed by atoms with Crippen LogP contribution in [-0.2, 0) is 11.3 Å².